The van der Waals surface area contributed by atoms with Crippen molar-refractivity contribution in [1.82, 2.24) is 0 Å². The van der Waals surface area contributed by atoms with Crippen molar-refractivity contribution in [2.75, 3.05) is 13.2 Å². The van der Waals surface area contributed by atoms with Gasteiger partial charge in [-0.05, 0) is 58.4 Å². The van der Waals surface area contributed by atoms with Crippen LogP contribution in [0, 0.1) is 5.92 Å². The maximum absolute atomic E-state index is 14.7. The summed E-state index contributed by atoms with van der Waals surface area (Å²) in [6.45, 7) is 4.02. The molecule has 0 saturated heterocycles. The van der Waals surface area contributed by atoms with Gasteiger partial charge in [-0.15, -0.1) is 0 Å². The quantitative estimate of drug-likeness (QED) is 0.155. The van der Waals surface area contributed by atoms with E-state index in [1.54, 1.807) is 0 Å². The van der Waals surface area contributed by atoms with E-state index < -0.39 is 17.9 Å². The molecule has 4 nitrogen and oxygen atoms in total. The smallest absolute Gasteiger partial charge is 0.339 e. The Bertz CT molecular complexity index is 1940. The van der Waals surface area contributed by atoms with Crippen molar-refractivity contribution < 1.29 is 19.1 Å². The lowest BCUT2D eigenvalue weighted by molar-refractivity contribution is -0.144. The number of carbonyl (C=O) groups excluding carboxylic acids is 2. The number of carbonyl (C=O) groups is 2. The second-order valence-corrected chi connectivity index (χ2v) is 11.1. The Labute approximate surface area is 276 Å². The van der Waals surface area contributed by atoms with Gasteiger partial charge in [-0.1, -0.05) is 152 Å². The summed E-state index contributed by atoms with van der Waals surface area (Å²) in [5, 5.41) is 0. The fourth-order valence-corrected chi connectivity index (χ4v) is 6.38. The highest BCUT2D eigenvalue weighted by Crippen LogP contribution is 2.54. The van der Waals surface area contributed by atoms with E-state index >= 15 is 0 Å². The Morgan fingerprint density at radius 1 is 0.447 bits per heavy atom. The second kappa shape index (κ2) is 14.6. The molecule has 0 bridgehead atoms. The zero-order valence-electron chi connectivity index (χ0n) is 26.6. The number of esters is 2. The molecule has 0 amide bonds. The van der Waals surface area contributed by atoms with E-state index in [4.69, 9.17) is 9.47 Å². The van der Waals surface area contributed by atoms with E-state index in [1.165, 1.54) is 0 Å². The predicted octanol–water partition coefficient (Wildman–Crippen LogP) is 9.42. The highest BCUT2D eigenvalue weighted by Gasteiger charge is 2.41. The van der Waals surface area contributed by atoms with Crippen LogP contribution in [-0.4, -0.2) is 25.2 Å². The third kappa shape index (κ3) is 6.36. The van der Waals surface area contributed by atoms with Crippen molar-refractivity contribution in [3.05, 3.63) is 185 Å². The maximum Gasteiger partial charge on any atom is 0.339 e. The summed E-state index contributed by atoms with van der Waals surface area (Å²) in [5.41, 5.74) is 8.04. The van der Waals surface area contributed by atoms with Crippen LogP contribution >= 0.6 is 0 Å². The van der Waals surface area contributed by atoms with E-state index in [0.717, 1.165) is 39.0 Å². The van der Waals surface area contributed by atoms with Crippen LogP contribution in [0.15, 0.2) is 157 Å². The molecule has 232 valence electrons. The highest BCUT2D eigenvalue weighted by molar-refractivity contribution is 6.33. The molecule has 1 aliphatic rings. The van der Waals surface area contributed by atoms with Gasteiger partial charge in [0, 0.05) is 11.1 Å². The fraction of sp³-hybridized carbons (Fsp3) is 0.116. The van der Waals surface area contributed by atoms with Crippen molar-refractivity contribution in [1.29, 1.82) is 0 Å². The molecule has 6 rings (SSSR count). The first-order valence-electron chi connectivity index (χ1n) is 16.0. The molecule has 1 unspecified atom stereocenters. The van der Waals surface area contributed by atoms with Gasteiger partial charge < -0.3 is 9.47 Å². The van der Waals surface area contributed by atoms with Gasteiger partial charge in [0.1, 0.15) is 5.92 Å². The van der Waals surface area contributed by atoms with Crippen LogP contribution in [0.3, 0.4) is 0 Å². The molecule has 0 radical (unpaired) electrons. The number of hydrogen-bond donors (Lipinski definition) is 0. The van der Waals surface area contributed by atoms with Gasteiger partial charge >= 0.3 is 11.9 Å². The van der Waals surface area contributed by atoms with Gasteiger partial charge in [0.2, 0.25) is 0 Å². The number of rotatable bonds is 9. The zero-order valence-corrected chi connectivity index (χ0v) is 26.6. The Morgan fingerprint density at radius 2 is 0.787 bits per heavy atom. The molecule has 0 heterocycles. The molecule has 0 N–H and O–H groups in total. The minimum Gasteiger partial charge on any atom is -0.465 e. The van der Waals surface area contributed by atoms with Crippen molar-refractivity contribution in [3.63, 3.8) is 0 Å². The topological polar surface area (TPSA) is 52.6 Å². The monoisotopic (exact) mass is 616 g/mol. The van der Waals surface area contributed by atoms with E-state index in [0.29, 0.717) is 22.3 Å². The minimum absolute atomic E-state index is 0.185. The van der Waals surface area contributed by atoms with Crippen molar-refractivity contribution in [3.8, 4) is 0 Å². The molecule has 1 aliphatic carbocycles. The number of allylic oxidation sites excluding steroid dienone is 2. The van der Waals surface area contributed by atoms with Crippen LogP contribution in [0.2, 0.25) is 0 Å². The lowest BCUT2D eigenvalue weighted by Gasteiger charge is -2.26. The predicted molar refractivity (Wildman–Crippen MR) is 190 cm³/mol. The summed E-state index contributed by atoms with van der Waals surface area (Å²) in [5.74, 6) is -1.77. The molecule has 47 heavy (non-hydrogen) atoms. The molecule has 4 heteroatoms. The normalized spacial score (nSPS) is 14.9. The van der Waals surface area contributed by atoms with E-state index in [2.05, 4.69) is 0 Å². The van der Waals surface area contributed by atoms with Gasteiger partial charge in [0.05, 0.1) is 18.8 Å². The van der Waals surface area contributed by atoms with Crippen molar-refractivity contribution >= 4 is 39.8 Å². The molecule has 0 aromatic heterocycles. The van der Waals surface area contributed by atoms with Gasteiger partial charge in [0.15, 0.2) is 0 Å². The Hall–Kier alpha value is -5.74. The van der Waals surface area contributed by atoms with Crippen LogP contribution in [0.1, 0.15) is 41.7 Å². The standard InChI is InChI=1S/C43H36O4/c1-3-46-42(44)40-36(31-22-12-6-13-23-31)35(30-20-10-5-11-21-30)37(32-24-14-7-15-25-32)41(43(45)47-4-2)39(34-28-18-9-19-29-34)38(40)33-26-16-8-17-27-33/h5-29,40H,3-4H2,1-2H3. The number of hydrogen-bond acceptors (Lipinski definition) is 4. The summed E-state index contributed by atoms with van der Waals surface area (Å²) in [7, 11) is 0. The molecule has 5 aromatic carbocycles. The molecular weight excluding hydrogens is 580 g/mol. The highest BCUT2D eigenvalue weighted by atomic mass is 16.5. The molecule has 0 saturated carbocycles. The summed E-state index contributed by atoms with van der Waals surface area (Å²) in [6, 6.07) is 49.5. The minimum atomic E-state index is -0.907. The molecule has 0 aliphatic heterocycles. The van der Waals surface area contributed by atoms with E-state index in [9.17, 15) is 9.59 Å². The SMILES string of the molecule is CCOC(=O)C1=C(c2ccccc2)C(c2ccccc2)=C(c2ccccc2)C(C(=O)OCC)C(c2ccccc2)=C1c1ccccc1. The third-order valence-corrected chi connectivity index (χ3v) is 8.22. The van der Waals surface area contributed by atoms with Crippen LogP contribution < -0.4 is 0 Å². The summed E-state index contributed by atoms with van der Waals surface area (Å²) in [6.07, 6.45) is 0. The fourth-order valence-electron chi connectivity index (χ4n) is 6.38. The van der Waals surface area contributed by atoms with Gasteiger partial charge in [-0.3, -0.25) is 4.79 Å². The number of ether oxygens (including phenoxy) is 2. The molecule has 0 fully saturated rings. The van der Waals surface area contributed by atoms with Crippen LogP contribution in [0.25, 0.3) is 27.9 Å². The molecular formula is C43H36O4. The van der Waals surface area contributed by atoms with Crippen LogP contribution in [0.5, 0.6) is 0 Å². The number of benzene rings is 5. The molecule has 0 spiro atoms. The third-order valence-electron chi connectivity index (χ3n) is 8.22. The van der Waals surface area contributed by atoms with Crippen LogP contribution in [-0.2, 0) is 19.1 Å². The van der Waals surface area contributed by atoms with Gasteiger partial charge in [-0.25, -0.2) is 4.79 Å². The molecule has 1 atom stereocenters. The zero-order chi connectivity index (χ0) is 32.6. The average molecular weight is 617 g/mol. The Morgan fingerprint density at radius 3 is 1.19 bits per heavy atom. The lowest BCUT2D eigenvalue weighted by Crippen LogP contribution is -2.23. The first-order chi connectivity index (χ1) is 23.1. The van der Waals surface area contributed by atoms with Crippen molar-refractivity contribution in [2.24, 2.45) is 5.92 Å². The van der Waals surface area contributed by atoms with E-state index in [1.807, 2.05) is 166 Å². The average Bonchev–Trinajstić information content (AvgIpc) is 3.27. The van der Waals surface area contributed by atoms with E-state index in [-0.39, 0.29) is 13.2 Å². The first kappa shape index (κ1) is 31.3. The summed E-state index contributed by atoms with van der Waals surface area (Å²) in [4.78, 5) is 29.4. The van der Waals surface area contributed by atoms with Gasteiger partial charge in [-0.2, -0.15) is 0 Å². The summed E-state index contributed by atoms with van der Waals surface area (Å²) < 4.78 is 11.9. The Balaban J connectivity index is 1.95. The van der Waals surface area contributed by atoms with Crippen LogP contribution in [0.4, 0.5) is 0 Å². The largest absolute Gasteiger partial charge is 0.465 e. The second-order valence-electron chi connectivity index (χ2n) is 11.1. The van der Waals surface area contributed by atoms with Gasteiger partial charge in [0.25, 0.3) is 0 Å². The lowest BCUT2D eigenvalue weighted by atomic mass is 9.77. The summed E-state index contributed by atoms with van der Waals surface area (Å²) >= 11 is 0. The molecule has 5 aromatic rings. The maximum atomic E-state index is 14.7. The Kier molecular flexibility index (Phi) is 9.69. The van der Waals surface area contributed by atoms with Crippen molar-refractivity contribution in [2.45, 2.75) is 13.8 Å². The first-order valence-corrected chi connectivity index (χ1v) is 16.0.